The number of hydrogen-bond acceptors (Lipinski definition) is 3. The number of carbonyl (C=O) groups is 1. The molecule has 0 unspecified atom stereocenters. The van der Waals surface area contributed by atoms with Gasteiger partial charge in [-0.2, -0.15) is 0 Å². The van der Waals surface area contributed by atoms with Crippen molar-refractivity contribution in [1.29, 1.82) is 0 Å². The van der Waals surface area contributed by atoms with Crippen LogP contribution in [-0.2, 0) is 13.0 Å². The average Bonchev–Trinajstić information content (AvgIpc) is 2.53. The molecule has 0 N–H and O–H groups in total. The van der Waals surface area contributed by atoms with E-state index in [4.69, 9.17) is 0 Å². The van der Waals surface area contributed by atoms with E-state index in [1.165, 1.54) is 11.1 Å². The molecule has 0 bridgehead atoms. The van der Waals surface area contributed by atoms with Gasteiger partial charge in [0.05, 0.1) is 5.56 Å². The number of benzene rings is 1. The summed E-state index contributed by atoms with van der Waals surface area (Å²) in [5.41, 5.74) is 3.55. The number of likely N-dealkylation sites (tertiary alicyclic amines) is 1. The van der Waals surface area contributed by atoms with Gasteiger partial charge in [0.2, 0.25) is 0 Å². The number of pyridine rings is 1. The first-order valence-electron chi connectivity index (χ1n) is 7.91. The summed E-state index contributed by atoms with van der Waals surface area (Å²) in [4.78, 5) is 20.9. The van der Waals surface area contributed by atoms with Gasteiger partial charge in [0, 0.05) is 49.1 Å². The maximum absolute atomic E-state index is 12.5. The number of amides is 1. The van der Waals surface area contributed by atoms with Gasteiger partial charge in [-0.1, -0.05) is 24.3 Å². The van der Waals surface area contributed by atoms with Gasteiger partial charge in [-0.05, 0) is 39.5 Å². The molecule has 0 atom stereocenters. The zero-order valence-electron chi connectivity index (χ0n) is 12.8. The molecule has 5 heteroatoms. The van der Waals surface area contributed by atoms with Crippen LogP contribution >= 0.6 is 15.9 Å². The number of fused-ring (bicyclic) bond motifs is 1. The van der Waals surface area contributed by atoms with E-state index in [9.17, 15) is 4.79 Å². The molecule has 1 saturated heterocycles. The standard InChI is InChI=1S/C18H18BrN3O/c19-16-7-15(8-20-9-16)18(23)22-11-17(12-22)21-6-5-13-3-1-2-4-14(13)10-21/h1-4,7-9,17H,5-6,10-12H2. The maximum atomic E-state index is 12.5. The number of aromatic nitrogens is 1. The third-order valence-electron chi connectivity index (χ3n) is 4.78. The molecule has 2 aromatic rings. The SMILES string of the molecule is O=C(c1cncc(Br)c1)N1CC(N2CCc3ccccc3C2)C1. The van der Waals surface area contributed by atoms with Crippen LogP contribution in [0.15, 0.2) is 47.2 Å². The predicted octanol–water partition coefficient (Wildman–Crippen LogP) is 2.73. The number of hydrogen-bond donors (Lipinski definition) is 0. The van der Waals surface area contributed by atoms with Crippen LogP contribution in [0.25, 0.3) is 0 Å². The highest BCUT2D eigenvalue weighted by atomic mass is 79.9. The second kappa shape index (κ2) is 6.06. The summed E-state index contributed by atoms with van der Waals surface area (Å²) in [6.07, 6.45) is 4.44. The first-order chi connectivity index (χ1) is 11.2. The summed E-state index contributed by atoms with van der Waals surface area (Å²) in [6.45, 7) is 3.71. The predicted molar refractivity (Wildman–Crippen MR) is 92.2 cm³/mol. The molecule has 0 spiro atoms. The van der Waals surface area contributed by atoms with Crippen molar-refractivity contribution in [2.24, 2.45) is 0 Å². The molecule has 0 aliphatic carbocycles. The molecule has 1 amide bonds. The highest BCUT2D eigenvalue weighted by Gasteiger charge is 2.36. The number of rotatable bonds is 2. The highest BCUT2D eigenvalue weighted by molar-refractivity contribution is 9.10. The maximum Gasteiger partial charge on any atom is 0.255 e. The van der Waals surface area contributed by atoms with Gasteiger partial charge in [-0.3, -0.25) is 14.7 Å². The number of halogens is 1. The van der Waals surface area contributed by atoms with Gasteiger partial charge in [-0.25, -0.2) is 0 Å². The summed E-state index contributed by atoms with van der Waals surface area (Å²) >= 11 is 3.37. The zero-order valence-corrected chi connectivity index (χ0v) is 14.4. The van der Waals surface area contributed by atoms with E-state index in [0.717, 1.165) is 37.1 Å². The van der Waals surface area contributed by atoms with Crippen molar-refractivity contribution in [3.05, 3.63) is 63.9 Å². The van der Waals surface area contributed by atoms with Crippen LogP contribution in [-0.4, -0.2) is 46.4 Å². The Hall–Kier alpha value is -1.72. The van der Waals surface area contributed by atoms with Gasteiger partial charge in [0.1, 0.15) is 0 Å². The summed E-state index contributed by atoms with van der Waals surface area (Å²) in [5, 5.41) is 0. The van der Waals surface area contributed by atoms with Crippen molar-refractivity contribution in [2.45, 2.75) is 19.0 Å². The van der Waals surface area contributed by atoms with E-state index in [1.807, 2.05) is 11.0 Å². The number of carbonyl (C=O) groups excluding carboxylic acids is 1. The second-order valence-electron chi connectivity index (χ2n) is 6.24. The molecule has 1 aromatic heterocycles. The molecule has 23 heavy (non-hydrogen) atoms. The molecule has 0 radical (unpaired) electrons. The molecule has 1 aromatic carbocycles. The van der Waals surface area contributed by atoms with Crippen LogP contribution < -0.4 is 0 Å². The van der Waals surface area contributed by atoms with E-state index >= 15 is 0 Å². The Bertz CT molecular complexity index is 743. The van der Waals surface area contributed by atoms with Crippen LogP contribution in [0, 0.1) is 0 Å². The van der Waals surface area contributed by atoms with Crippen molar-refractivity contribution in [3.63, 3.8) is 0 Å². The Morgan fingerprint density at radius 2 is 1.96 bits per heavy atom. The first kappa shape index (κ1) is 14.8. The van der Waals surface area contributed by atoms with E-state index in [2.05, 4.69) is 50.1 Å². The Balaban J connectivity index is 1.38. The molecule has 2 aliphatic heterocycles. The Morgan fingerprint density at radius 3 is 2.74 bits per heavy atom. The van der Waals surface area contributed by atoms with Gasteiger partial charge >= 0.3 is 0 Å². The van der Waals surface area contributed by atoms with Gasteiger partial charge in [0.25, 0.3) is 5.91 Å². The summed E-state index contributed by atoms with van der Waals surface area (Å²) in [6, 6.07) is 11.0. The average molecular weight is 372 g/mol. The minimum absolute atomic E-state index is 0.0764. The molecule has 4 nitrogen and oxygen atoms in total. The molecular formula is C18H18BrN3O. The lowest BCUT2D eigenvalue weighted by Crippen LogP contribution is -2.61. The normalized spacial score (nSPS) is 18.4. The monoisotopic (exact) mass is 371 g/mol. The Kier molecular flexibility index (Phi) is 3.91. The highest BCUT2D eigenvalue weighted by Crippen LogP contribution is 2.25. The van der Waals surface area contributed by atoms with Crippen LogP contribution in [0.1, 0.15) is 21.5 Å². The topological polar surface area (TPSA) is 36.4 Å². The van der Waals surface area contributed by atoms with Gasteiger partial charge < -0.3 is 4.90 Å². The largest absolute Gasteiger partial charge is 0.335 e. The third-order valence-corrected chi connectivity index (χ3v) is 5.21. The minimum atomic E-state index is 0.0764. The molecular weight excluding hydrogens is 354 g/mol. The fourth-order valence-electron chi connectivity index (χ4n) is 3.39. The van der Waals surface area contributed by atoms with E-state index in [0.29, 0.717) is 11.6 Å². The second-order valence-corrected chi connectivity index (χ2v) is 7.16. The van der Waals surface area contributed by atoms with Gasteiger partial charge in [0.15, 0.2) is 0 Å². The lowest BCUT2D eigenvalue weighted by molar-refractivity contribution is 0.0218. The van der Waals surface area contributed by atoms with Crippen molar-refractivity contribution in [2.75, 3.05) is 19.6 Å². The van der Waals surface area contributed by atoms with E-state index in [1.54, 1.807) is 12.4 Å². The van der Waals surface area contributed by atoms with Gasteiger partial charge in [-0.15, -0.1) is 0 Å². The smallest absolute Gasteiger partial charge is 0.255 e. The van der Waals surface area contributed by atoms with Crippen molar-refractivity contribution < 1.29 is 4.79 Å². The molecule has 118 valence electrons. The van der Waals surface area contributed by atoms with Crippen LogP contribution in [0.4, 0.5) is 0 Å². The zero-order chi connectivity index (χ0) is 15.8. The summed E-state index contributed by atoms with van der Waals surface area (Å²) in [7, 11) is 0. The van der Waals surface area contributed by atoms with Crippen LogP contribution in [0.3, 0.4) is 0 Å². The van der Waals surface area contributed by atoms with Crippen molar-refractivity contribution in [3.8, 4) is 0 Å². The molecule has 2 aliphatic rings. The third kappa shape index (κ3) is 2.91. The van der Waals surface area contributed by atoms with E-state index in [-0.39, 0.29) is 5.91 Å². The first-order valence-corrected chi connectivity index (χ1v) is 8.70. The van der Waals surface area contributed by atoms with Crippen molar-refractivity contribution >= 4 is 21.8 Å². The van der Waals surface area contributed by atoms with Crippen molar-refractivity contribution in [1.82, 2.24) is 14.8 Å². The fraction of sp³-hybridized carbons (Fsp3) is 0.333. The lowest BCUT2D eigenvalue weighted by Gasteiger charge is -2.46. The quantitative estimate of drug-likeness (QED) is 0.814. The lowest BCUT2D eigenvalue weighted by atomic mass is 9.96. The minimum Gasteiger partial charge on any atom is -0.335 e. The summed E-state index contributed by atoms with van der Waals surface area (Å²) in [5.74, 6) is 0.0764. The Labute approximate surface area is 144 Å². The number of nitrogens with zero attached hydrogens (tertiary/aromatic N) is 3. The van der Waals surface area contributed by atoms with Crippen LogP contribution in [0.2, 0.25) is 0 Å². The molecule has 1 fully saturated rings. The summed E-state index contributed by atoms with van der Waals surface area (Å²) < 4.78 is 0.841. The fourth-order valence-corrected chi connectivity index (χ4v) is 3.76. The van der Waals surface area contributed by atoms with E-state index < -0.39 is 0 Å². The molecule has 0 saturated carbocycles. The van der Waals surface area contributed by atoms with Crippen LogP contribution in [0.5, 0.6) is 0 Å². The molecule has 4 rings (SSSR count). The Morgan fingerprint density at radius 1 is 1.17 bits per heavy atom. The molecule has 3 heterocycles.